The Morgan fingerprint density at radius 2 is 2.46 bits per heavy atom. The number of nitrogens with zero attached hydrogens (tertiary/aromatic N) is 1. The fourth-order valence-corrected chi connectivity index (χ4v) is 1.83. The Labute approximate surface area is 79.6 Å². The topological polar surface area (TPSA) is 62.2 Å². The lowest BCUT2D eigenvalue weighted by Gasteiger charge is -2.31. The molecule has 0 aromatic carbocycles. The molecule has 0 aliphatic heterocycles. The van der Waals surface area contributed by atoms with Crippen LogP contribution in [0.15, 0.2) is 11.6 Å². The molecule has 1 heterocycles. The molecule has 0 radical (unpaired) electrons. The minimum absolute atomic E-state index is 0.131. The Morgan fingerprint density at radius 1 is 1.69 bits per heavy atom. The number of nitrogens with one attached hydrogen (secondary N) is 1. The van der Waals surface area contributed by atoms with Crippen LogP contribution in [0.25, 0.3) is 0 Å². The molecule has 70 valence electrons. The first-order valence-corrected chi connectivity index (χ1v) is 5.02. The number of amides is 1. The summed E-state index contributed by atoms with van der Waals surface area (Å²) in [6, 6.07) is 0.131. The van der Waals surface area contributed by atoms with Crippen LogP contribution in [0.2, 0.25) is 0 Å². The Bertz CT molecular complexity index is 293. The first-order valence-electron chi connectivity index (χ1n) is 4.14. The second kappa shape index (κ2) is 3.43. The van der Waals surface area contributed by atoms with Crippen molar-refractivity contribution in [1.82, 2.24) is 10.3 Å². The predicted octanol–water partition coefficient (Wildman–Crippen LogP) is 0.396. The molecule has 1 aliphatic carbocycles. The van der Waals surface area contributed by atoms with Crippen molar-refractivity contribution < 1.29 is 9.90 Å². The minimum atomic E-state index is -0.235. The van der Waals surface area contributed by atoms with E-state index >= 15 is 0 Å². The van der Waals surface area contributed by atoms with Gasteiger partial charge in [0, 0.05) is 17.6 Å². The molecular weight excluding hydrogens is 188 g/mol. The molecule has 1 aromatic heterocycles. The largest absolute Gasteiger partial charge is 0.393 e. The molecule has 1 saturated carbocycles. The molecular formula is C8H10N2O2S. The van der Waals surface area contributed by atoms with Crippen LogP contribution >= 0.6 is 11.3 Å². The molecule has 1 amide bonds. The van der Waals surface area contributed by atoms with Gasteiger partial charge in [-0.2, -0.15) is 0 Å². The monoisotopic (exact) mass is 198 g/mol. The van der Waals surface area contributed by atoms with E-state index in [-0.39, 0.29) is 18.1 Å². The molecule has 2 rings (SSSR count). The highest BCUT2D eigenvalue weighted by Gasteiger charge is 2.28. The summed E-state index contributed by atoms with van der Waals surface area (Å²) in [4.78, 5) is 15.3. The zero-order chi connectivity index (χ0) is 9.26. The van der Waals surface area contributed by atoms with E-state index in [2.05, 4.69) is 10.3 Å². The van der Waals surface area contributed by atoms with E-state index in [1.165, 1.54) is 11.3 Å². The van der Waals surface area contributed by atoms with E-state index in [1.54, 1.807) is 11.6 Å². The van der Waals surface area contributed by atoms with Crippen molar-refractivity contribution in [2.24, 2.45) is 0 Å². The van der Waals surface area contributed by atoms with Crippen LogP contribution < -0.4 is 5.32 Å². The van der Waals surface area contributed by atoms with E-state index in [1.807, 2.05) is 0 Å². The van der Waals surface area contributed by atoms with Gasteiger partial charge in [-0.15, -0.1) is 11.3 Å². The normalized spacial score (nSPS) is 26.5. The number of aromatic nitrogens is 1. The molecule has 0 spiro atoms. The zero-order valence-corrected chi connectivity index (χ0v) is 7.75. The number of aliphatic hydroxyl groups is 1. The van der Waals surface area contributed by atoms with Gasteiger partial charge in [0.2, 0.25) is 0 Å². The van der Waals surface area contributed by atoms with E-state index in [0.717, 1.165) is 0 Å². The summed E-state index contributed by atoms with van der Waals surface area (Å²) in [5.74, 6) is -0.132. The smallest absolute Gasteiger partial charge is 0.280 e. The molecule has 5 heteroatoms. The minimum Gasteiger partial charge on any atom is -0.393 e. The number of hydrogen-bond acceptors (Lipinski definition) is 4. The first-order chi connectivity index (χ1) is 6.25. The van der Waals surface area contributed by atoms with Crippen molar-refractivity contribution >= 4 is 17.2 Å². The summed E-state index contributed by atoms with van der Waals surface area (Å²) >= 11 is 1.32. The number of hydrogen-bond donors (Lipinski definition) is 2. The fraction of sp³-hybridized carbons (Fsp3) is 0.500. The number of carbonyl (C=O) groups excluding carboxylic acids is 1. The number of thiazole rings is 1. The van der Waals surface area contributed by atoms with Crippen LogP contribution in [0, 0.1) is 0 Å². The molecule has 1 fully saturated rings. The van der Waals surface area contributed by atoms with Gasteiger partial charge in [0.15, 0.2) is 5.01 Å². The summed E-state index contributed by atoms with van der Waals surface area (Å²) in [6.45, 7) is 0. The SMILES string of the molecule is O=C(NC1CC(O)C1)c1nccs1. The molecule has 0 unspecified atom stereocenters. The van der Waals surface area contributed by atoms with Gasteiger partial charge in [0.1, 0.15) is 0 Å². The molecule has 0 atom stereocenters. The summed E-state index contributed by atoms with van der Waals surface area (Å²) in [5, 5.41) is 14.1. The molecule has 2 N–H and O–H groups in total. The summed E-state index contributed by atoms with van der Waals surface area (Å²) in [5.41, 5.74) is 0. The first kappa shape index (κ1) is 8.65. The number of aliphatic hydroxyl groups excluding tert-OH is 1. The Kier molecular flexibility index (Phi) is 2.28. The highest BCUT2D eigenvalue weighted by molar-refractivity contribution is 7.11. The van der Waals surface area contributed by atoms with Crippen LogP contribution in [-0.4, -0.2) is 28.1 Å². The third-order valence-corrected chi connectivity index (χ3v) is 2.85. The molecule has 1 aliphatic rings. The van der Waals surface area contributed by atoms with Crippen molar-refractivity contribution in [3.05, 3.63) is 16.6 Å². The third-order valence-electron chi connectivity index (χ3n) is 2.07. The van der Waals surface area contributed by atoms with Crippen LogP contribution in [-0.2, 0) is 0 Å². The Hall–Kier alpha value is -0.940. The van der Waals surface area contributed by atoms with Gasteiger partial charge < -0.3 is 10.4 Å². The third kappa shape index (κ3) is 1.87. The quantitative estimate of drug-likeness (QED) is 0.723. The van der Waals surface area contributed by atoms with Gasteiger partial charge in [-0.3, -0.25) is 4.79 Å². The highest BCUT2D eigenvalue weighted by Crippen LogP contribution is 2.19. The van der Waals surface area contributed by atoms with Gasteiger partial charge in [-0.1, -0.05) is 0 Å². The lowest BCUT2D eigenvalue weighted by Crippen LogP contribution is -2.46. The fourth-order valence-electron chi connectivity index (χ4n) is 1.29. The van der Waals surface area contributed by atoms with Crippen LogP contribution in [0.4, 0.5) is 0 Å². The maximum Gasteiger partial charge on any atom is 0.280 e. The van der Waals surface area contributed by atoms with E-state index in [4.69, 9.17) is 5.11 Å². The van der Waals surface area contributed by atoms with Crippen molar-refractivity contribution in [3.8, 4) is 0 Å². The van der Waals surface area contributed by atoms with Crippen molar-refractivity contribution in [2.45, 2.75) is 25.0 Å². The number of rotatable bonds is 2. The van der Waals surface area contributed by atoms with Crippen molar-refractivity contribution in [2.75, 3.05) is 0 Å². The van der Waals surface area contributed by atoms with Crippen molar-refractivity contribution in [3.63, 3.8) is 0 Å². The van der Waals surface area contributed by atoms with E-state index in [9.17, 15) is 4.79 Å². The van der Waals surface area contributed by atoms with Crippen LogP contribution in [0.5, 0.6) is 0 Å². The number of carbonyl (C=O) groups is 1. The average molecular weight is 198 g/mol. The van der Waals surface area contributed by atoms with Gasteiger partial charge in [-0.25, -0.2) is 4.98 Å². The summed E-state index contributed by atoms with van der Waals surface area (Å²) in [6.07, 6.45) is 2.70. The van der Waals surface area contributed by atoms with Gasteiger partial charge in [0.25, 0.3) is 5.91 Å². The predicted molar refractivity (Wildman–Crippen MR) is 48.6 cm³/mol. The molecule has 13 heavy (non-hydrogen) atoms. The van der Waals surface area contributed by atoms with Crippen molar-refractivity contribution in [1.29, 1.82) is 0 Å². The van der Waals surface area contributed by atoms with Crippen LogP contribution in [0.3, 0.4) is 0 Å². The lowest BCUT2D eigenvalue weighted by atomic mass is 9.89. The van der Waals surface area contributed by atoms with Crippen LogP contribution in [0.1, 0.15) is 22.6 Å². The van der Waals surface area contributed by atoms with E-state index in [0.29, 0.717) is 17.8 Å². The second-order valence-electron chi connectivity index (χ2n) is 3.13. The maximum absolute atomic E-state index is 11.4. The van der Waals surface area contributed by atoms with E-state index < -0.39 is 0 Å². The van der Waals surface area contributed by atoms with Gasteiger partial charge in [0.05, 0.1) is 6.10 Å². The summed E-state index contributed by atoms with van der Waals surface area (Å²) < 4.78 is 0. The maximum atomic E-state index is 11.4. The molecule has 4 nitrogen and oxygen atoms in total. The standard InChI is InChI=1S/C8H10N2O2S/c11-6-3-5(4-6)10-7(12)8-9-1-2-13-8/h1-2,5-6,11H,3-4H2,(H,10,12). The van der Waals surface area contributed by atoms with Gasteiger partial charge >= 0.3 is 0 Å². The molecule has 0 saturated heterocycles. The second-order valence-corrected chi connectivity index (χ2v) is 4.03. The molecule has 1 aromatic rings. The Morgan fingerprint density at radius 3 is 3.00 bits per heavy atom. The van der Waals surface area contributed by atoms with Gasteiger partial charge in [-0.05, 0) is 12.8 Å². The Balaban J connectivity index is 1.86. The average Bonchev–Trinajstić information content (AvgIpc) is 2.53. The zero-order valence-electron chi connectivity index (χ0n) is 6.93. The lowest BCUT2D eigenvalue weighted by molar-refractivity contribution is 0.0562. The molecule has 0 bridgehead atoms. The highest BCUT2D eigenvalue weighted by atomic mass is 32.1. The summed E-state index contributed by atoms with van der Waals surface area (Å²) in [7, 11) is 0.